The first-order valence-corrected chi connectivity index (χ1v) is 12.5. The van der Waals surface area contributed by atoms with Gasteiger partial charge in [0.1, 0.15) is 4.21 Å². The van der Waals surface area contributed by atoms with Gasteiger partial charge >= 0.3 is 0 Å². The monoisotopic (exact) mass is 428 g/mol. The minimum absolute atomic E-state index is 0.0658. The summed E-state index contributed by atoms with van der Waals surface area (Å²) < 4.78 is 50.5. The Kier molecular flexibility index (Phi) is 5.71. The molecule has 0 saturated carbocycles. The van der Waals surface area contributed by atoms with Crippen molar-refractivity contribution >= 4 is 42.8 Å². The van der Waals surface area contributed by atoms with Crippen LogP contribution in [0.25, 0.3) is 0 Å². The van der Waals surface area contributed by atoms with Crippen molar-refractivity contribution in [1.82, 2.24) is 4.31 Å². The van der Waals surface area contributed by atoms with Gasteiger partial charge in [-0.25, -0.2) is 16.8 Å². The first-order chi connectivity index (χ1) is 12.7. The fraction of sp³-hybridized carbons (Fsp3) is 0.353. The van der Waals surface area contributed by atoms with Crippen molar-refractivity contribution in [2.75, 3.05) is 24.7 Å². The third-order valence-corrected chi connectivity index (χ3v) is 8.88. The Morgan fingerprint density at radius 1 is 1.07 bits per heavy atom. The number of anilines is 1. The Morgan fingerprint density at radius 3 is 2.33 bits per heavy atom. The molecule has 0 radical (unpaired) electrons. The number of rotatable bonds is 5. The molecule has 2 aromatic rings. The molecule has 2 heterocycles. The summed E-state index contributed by atoms with van der Waals surface area (Å²) in [5, 5.41) is 4.40. The molecule has 1 amide bonds. The van der Waals surface area contributed by atoms with E-state index >= 15 is 0 Å². The van der Waals surface area contributed by atoms with E-state index in [4.69, 9.17) is 0 Å². The molecule has 10 heteroatoms. The quantitative estimate of drug-likeness (QED) is 0.787. The van der Waals surface area contributed by atoms with E-state index in [1.165, 1.54) is 21.7 Å². The Labute approximate surface area is 163 Å². The minimum atomic E-state index is -3.51. The fourth-order valence-corrected chi connectivity index (χ4v) is 6.48. The van der Waals surface area contributed by atoms with Crippen LogP contribution in [0.4, 0.5) is 5.69 Å². The van der Waals surface area contributed by atoms with Gasteiger partial charge in [-0.05, 0) is 36.4 Å². The second-order valence-corrected chi connectivity index (χ2v) is 11.5. The maximum Gasteiger partial charge on any atom is 0.252 e. The lowest BCUT2D eigenvalue weighted by Gasteiger charge is -2.30. The molecular weight excluding hydrogens is 408 g/mol. The van der Waals surface area contributed by atoms with Crippen molar-refractivity contribution in [3.63, 3.8) is 0 Å². The van der Waals surface area contributed by atoms with Crippen LogP contribution in [0.5, 0.6) is 0 Å². The molecule has 0 spiro atoms. The minimum Gasteiger partial charge on any atom is -0.325 e. The van der Waals surface area contributed by atoms with Crippen molar-refractivity contribution in [3.8, 4) is 0 Å². The molecule has 7 nitrogen and oxygen atoms in total. The van der Waals surface area contributed by atoms with Crippen LogP contribution in [0.15, 0.2) is 50.9 Å². The summed E-state index contributed by atoms with van der Waals surface area (Å²) in [4.78, 5) is 12.6. The highest BCUT2D eigenvalue weighted by Crippen LogP contribution is 2.28. The molecule has 1 aliphatic heterocycles. The first-order valence-electron chi connectivity index (χ1n) is 8.33. The van der Waals surface area contributed by atoms with Crippen molar-refractivity contribution in [3.05, 3.63) is 41.8 Å². The van der Waals surface area contributed by atoms with E-state index in [0.717, 1.165) is 6.26 Å². The Bertz CT molecular complexity index is 1020. The molecule has 3 rings (SSSR count). The SMILES string of the molecule is CS(=O)(=O)c1ccccc1NC(=O)C1CCN(S(=O)(=O)c2cccs2)CC1. The summed E-state index contributed by atoms with van der Waals surface area (Å²) in [5.41, 5.74) is 0.249. The Morgan fingerprint density at radius 2 is 1.74 bits per heavy atom. The number of amides is 1. The van der Waals surface area contributed by atoms with E-state index in [1.807, 2.05) is 0 Å². The van der Waals surface area contributed by atoms with E-state index < -0.39 is 19.9 Å². The number of hydrogen-bond acceptors (Lipinski definition) is 6. The first kappa shape index (κ1) is 20.0. The standard InChI is InChI=1S/C17H20N2O5S3/c1-26(21,22)15-6-3-2-5-14(15)18-17(20)13-8-10-19(11-9-13)27(23,24)16-7-4-12-25-16/h2-7,12-13H,8-11H2,1H3,(H,18,20). The van der Waals surface area contributed by atoms with E-state index in [0.29, 0.717) is 17.1 Å². The summed E-state index contributed by atoms with van der Waals surface area (Å²) in [6.07, 6.45) is 1.86. The van der Waals surface area contributed by atoms with Crippen LogP contribution in [0, 0.1) is 5.92 Å². The van der Waals surface area contributed by atoms with Crippen LogP contribution in [0.3, 0.4) is 0 Å². The Balaban J connectivity index is 1.67. The molecule has 0 aliphatic carbocycles. The van der Waals surface area contributed by atoms with Gasteiger partial charge in [-0.15, -0.1) is 11.3 Å². The number of thiophene rings is 1. The lowest BCUT2D eigenvalue weighted by Crippen LogP contribution is -2.41. The van der Waals surface area contributed by atoms with Gasteiger partial charge in [-0.3, -0.25) is 4.79 Å². The van der Waals surface area contributed by atoms with Gasteiger partial charge in [0.05, 0.1) is 10.6 Å². The predicted octanol–water partition coefficient (Wildman–Crippen LogP) is 2.19. The fourth-order valence-electron chi connectivity index (χ4n) is 3.02. The topological polar surface area (TPSA) is 101 Å². The number of nitrogens with one attached hydrogen (secondary N) is 1. The highest BCUT2D eigenvalue weighted by Gasteiger charge is 2.32. The molecular formula is C17H20N2O5S3. The van der Waals surface area contributed by atoms with Crippen molar-refractivity contribution in [2.45, 2.75) is 21.9 Å². The molecule has 1 aromatic carbocycles. The normalized spacial score (nSPS) is 16.9. The van der Waals surface area contributed by atoms with Crippen LogP contribution in [-0.4, -0.2) is 46.4 Å². The van der Waals surface area contributed by atoms with Crippen molar-refractivity contribution in [1.29, 1.82) is 0 Å². The van der Waals surface area contributed by atoms with Gasteiger partial charge in [0.2, 0.25) is 5.91 Å². The molecule has 27 heavy (non-hydrogen) atoms. The average Bonchev–Trinajstić information content (AvgIpc) is 3.17. The molecule has 1 saturated heterocycles. The van der Waals surface area contributed by atoms with Crippen LogP contribution < -0.4 is 5.32 Å². The maximum atomic E-state index is 12.6. The second-order valence-electron chi connectivity index (χ2n) is 6.37. The third kappa shape index (κ3) is 4.40. The van der Waals surface area contributed by atoms with Crippen LogP contribution in [-0.2, 0) is 24.7 Å². The molecule has 1 N–H and O–H groups in total. The highest BCUT2D eigenvalue weighted by atomic mass is 32.2. The zero-order chi connectivity index (χ0) is 19.7. The zero-order valence-corrected chi connectivity index (χ0v) is 17.1. The molecule has 0 unspecified atom stereocenters. The van der Waals surface area contributed by atoms with Crippen LogP contribution in [0.1, 0.15) is 12.8 Å². The van der Waals surface area contributed by atoms with Gasteiger partial charge in [0, 0.05) is 25.3 Å². The predicted molar refractivity (Wildman–Crippen MR) is 104 cm³/mol. The molecule has 0 atom stereocenters. The van der Waals surface area contributed by atoms with E-state index in [-0.39, 0.29) is 35.5 Å². The van der Waals surface area contributed by atoms with Crippen LogP contribution >= 0.6 is 11.3 Å². The number of piperidine rings is 1. The maximum absolute atomic E-state index is 12.6. The Hall–Kier alpha value is -1.75. The molecule has 1 aromatic heterocycles. The number of carbonyl (C=O) groups is 1. The number of hydrogen-bond donors (Lipinski definition) is 1. The van der Waals surface area contributed by atoms with Gasteiger partial charge in [-0.1, -0.05) is 18.2 Å². The lowest BCUT2D eigenvalue weighted by atomic mass is 9.97. The van der Waals surface area contributed by atoms with E-state index in [1.54, 1.807) is 35.7 Å². The summed E-state index contributed by atoms with van der Waals surface area (Å²) in [7, 11) is -6.98. The summed E-state index contributed by atoms with van der Waals surface area (Å²) in [5.74, 6) is -0.660. The number of para-hydroxylation sites is 1. The largest absolute Gasteiger partial charge is 0.325 e. The number of sulfonamides is 1. The van der Waals surface area contributed by atoms with Gasteiger partial charge in [-0.2, -0.15) is 4.31 Å². The number of carbonyl (C=O) groups excluding carboxylic acids is 1. The summed E-state index contributed by atoms with van der Waals surface area (Å²) in [6, 6.07) is 9.50. The smallest absolute Gasteiger partial charge is 0.252 e. The molecule has 1 fully saturated rings. The zero-order valence-electron chi connectivity index (χ0n) is 14.7. The summed E-state index contributed by atoms with van der Waals surface area (Å²) in [6.45, 7) is 0.512. The average molecular weight is 429 g/mol. The van der Waals surface area contributed by atoms with Crippen molar-refractivity contribution in [2.24, 2.45) is 5.92 Å². The highest BCUT2D eigenvalue weighted by molar-refractivity contribution is 7.91. The lowest BCUT2D eigenvalue weighted by molar-refractivity contribution is -0.120. The van der Waals surface area contributed by atoms with Crippen LogP contribution in [0.2, 0.25) is 0 Å². The van der Waals surface area contributed by atoms with E-state index in [9.17, 15) is 21.6 Å². The second kappa shape index (κ2) is 7.70. The van der Waals surface area contributed by atoms with Gasteiger partial charge in [0.15, 0.2) is 9.84 Å². The molecule has 146 valence electrons. The number of nitrogens with zero attached hydrogens (tertiary/aromatic N) is 1. The molecule has 1 aliphatic rings. The third-order valence-electron chi connectivity index (χ3n) is 4.46. The summed E-state index contributed by atoms with van der Waals surface area (Å²) >= 11 is 1.17. The number of sulfone groups is 1. The number of benzene rings is 1. The van der Waals surface area contributed by atoms with E-state index in [2.05, 4.69) is 5.32 Å². The van der Waals surface area contributed by atoms with Crippen molar-refractivity contribution < 1.29 is 21.6 Å². The van der Waals surface area contributed by atoms with Gasteiger partial charge in [0.25, 0.3) is 10.0 Å². The molecule has 0 bridgehead atoms. The van der Waals surface area contributed by atoms with Gasteiger partial charge < -0.3 is 5.32 Å².